The SMILES string of the molecule is Cc1ccccc1OCc1nnc(C(=O)Nc2ccc(C(=O)NCC3CCCO3)cc2)s1. The number of anilines is 1. The number of carbonyl (C=O) groups excluding carboxylic acids is 2. The van der Waals surface area contributed by atoms with Gasteiger partial charge in [-0.1, -0.05) is 29.5 Å². The van der Waals surface area contributed by atoms with Gasteiger partial charge >= 0.3 is 0 Å². The quantitative estimate of drug-likeness (QED) is 0.542. The van der Waals surface area contributed by atoms with Crippen molar-refractivity contribution in [1.29, 1.82) is 0 Å². The first kappa shape index (κ1) is 21.9. The number of nitrogens with one attached hydrogen (secondary N) is 2. The maximum atomic E-state index is 12.5. The lowest BCUT2D eigenvalue weighted by Crippen LogP contribution is -2.31. The Kier molecular flexibility index (Phi) is 7.08. The summed E-state index contributed by atoms with van der Waals surface area (Å²) < 4.78 is 11.3. The van der Waals surface area contributed by atoms with E-state index in [4.69, 9.17) is 9.47 Å². The Morgan fingerprint density at radius 1 is 1.12 bits per heavy atom. The molecule has 0 radical (unpaired) electrons. The summed E-state index contributed by atoms with van der Waals surface area (Å²) in [7, 11) is 0. The van der Waals surface area contributed by atoms with Gasteiger partial charge in [0.25, 0.3) is 11.8 Å². The second-order valence-corrected chi connectivity index (χ2v) is 8.49. The van der Waals surface area contributed by atoms with Crippen LogP contribution >= 0.6 is 11.3 Å². The number of benzene rings is 2. The predicted molar refractivity (Wildman–Crippen MR) is 121 cm³/mol. The minimum absolute atomic E-state index is 0.0939. The Balaban J connectivity index is 1.28. The van der Waals surface area contributed by atoms with E-state index in [0.717, 1.165) is 30.8 Å². The minimum Gasteiger partial charge on any atom is -0.486 e. The normalized spacial score (nSPS) is 15.3. The standard InChI is InChI=1S/C23H24N4O4S/c1-15-5-2-3-7-19(15)31-14-20-26-27-23(32-20)22(29)25-17-10-8-16(9-11-17)21(28)24-13-18-6-4-12-30-18/h2-3,5,7-11,18H,4,6,12-14H2,1H3,(H,24,28)(H,25,29). The summed E-state index contributed by atoms with van der Waals surface area (Å²) in [6, 6.07) is 14.4. The van der Waals surface area contributed by atoms with Crippen LogP contribution in [0.25, 0.3) is 0 Å². The fourth-order valence-electron chi connectivity index (χ4n) is 3.26. The van der Waals surface area contributed by atoms with Crippen molar-refractivity contribution < 1.29 is 19.1 Å². The predicted octanol–water partition coefficient (Wildman–Crippen LogP) is 3.59. The van der Waals surface area contributed by atoms with Gasteiger partial charge in [0, 0.05) is 24.4 Å². The van der Waals surface area contributed by atoms with Crippen LogP contribution < -0.4 is 15.4 Å². The third-order valence-electron chi connectivity index (χ3n) is 5.03. The number of hydrogen-bond acceptors (Lipinski definition) is 7. The molecular weight excluding hydrogens is 428 g/mol. The third-order valence-corrected chi connectivity index (χ3v) is 5.92. The molecule has 1 fully saturated rings. The van der Waals surface area contributed by atoms with Gasteiger partial charge in [-0.05, 0) is 55.7 Å². The second-order valence-electron chi connectivity index (χ2n) is 7.43. The smallest absolute Gasteiger partial charge is 0.286 e. The molecule has 1 unspecified atom stereocenters. The molecule has 166 valence electrons. The van der Waals surface area contributed by atoms with Crippen molar-refractivity contribution >= 4 is 28.8 Å². The lowest BCUT2D eigenvalue weighted by atomic mass is 10.2. The van der Waals surface area contributed by atoms with Crippen LogP contribution in [0.15, 0.2) is 48.5 Å². The summed E-state index contributed by atoms with van der Waals surface area (Å²) in [4.78, 5) is 24.7. The monoisotopic (exact) mass is 452 g/mol. The first-order valence-electron chi connectivity index (χ1n) is 10.4. The van der Waals surface area contributed by atoms with Crippen LogP contribution in [-0.4, -0.2) is 41.3 Å². The van der Waals surface area contributed by atoms with Gasteiger partial charge < -0.3 is 20.1 Å². The zero-order valence-corrected chi connectivity index (χ0v) is 18.5. The maximum absolute atomic E-state index is 12.5. The minimum atomic E-state index is -0.361. The third kappa shape index (κ3) is 5.68. The fraction of sp³-hybridized carbons (Fsp3) is 0.304. The molecule has 2 N–H and O–H groups in total. The fourth-order valence-corrected chi connectivity index (χ4v) is 3.91. The van der Waals surface area contributed by atoms with E-state index in [-0.39, 0.29) is 29.5 Å². The first-order chi connectivity index (χ1) is 15.6. The van der Waals surface area contributed by atoms with Gasteiger partial charge in [0.2, 0.25) is 5.01 Å². The molecule has 1 saturated heterocycles. The number of ether oxygens (including phenoxy) is 2. The topological polar surface area (TPSA) is 102 Å². The molecule has 2 heterocycles. The summed E-state index contributed by atoms with van der Waals surface area (Å²) in [5, 5.41) is 14.5. The van der Waals surface area contributed by atoms with E-state index in [1.165, 1.54) is 11.3 Å². The van der Waals surface area contributed by atoms with Crippen LogP contribution in [0.3, 0.4) is 0 Å². The van der Waals surface area contributed by atoms with Crippen molar-refractivity contribution in [3.05, 3.63) is 69.7 Å². The number of nitrogens with zero attached hydrogens (tertiary/aromatic N) is 2. The molecule has 0 aliphatic carbocycles. The Hall–Kier alpha value is -3.30. The van der Waals surface area contributed by atoms with Crippen LogP contribution in [0.5, 0.6) is 5.75 Å². The Bertz CT molecular complexity index is 1080. The van der Waals surface area contributed by atoms with E-state index in [9.17, 15) is 9.59 Å². The molecule has 9 heteroatoms. The number of aromatic nitrogens is 2. The molecular formula is C23H24N4O4S. The molecule has 0 spiro atoms. The number of amides is 2. The van der Waals surface area contributed by atoms with Gasteiger partial charge in [0.05, 0.1) is 6.10 Å². The highest BCUT2D eigenvalue weighted by molar-refractivity contribution is 7.13. The molecule has 2 amide bonds. The Morgan fingerprint density at radius 3 is 2.69 bits per heavy atom. The second kappa shape index (κ2) is 10.3. The maximum Gasteiger partial charge on any atom is 0.286 e. The van der Waals surface area contributed by atoms with E-state index in [0.29, 0.717) is 22.8 Å². The van der Waals surface area contributed by atoms with Crippen LogP contribution in [0, 0.1) is 6.92 Å². The van der Waals surface area contributed by atoms with Crippen molar-refractivity contribution in [1.82, 2.24) is 15.5 Å². The molecule has 3 aromatic rings. The van der Waals surface area contributed by atoms with Crippen molar-refractivity contribution in [3.63, 3.8) is 0 Å². The molecule has 1 aliphatic rings. The number of rotatable bonds is 8. The van der Waals surface area contributed by atoms with Gasteiger partial charge in [-0.25, -0.2) is 0 Å². The van der Waals surface area contributed by atoms with Crippen molar-refractivity contribution in [3.8, 4) is 5.75 Å². The average molecular weight is 453 g/mol. The highest BCUT2D eigenvalue weighted by Crippen LogP contribution is 2.20. The van der Waals surface area contributed by atoms with Crippen molar-refractivity contribution in [2.24, 2.45) is 0 Å². The first-order valence-corrected chi connectivity index (χ1v) is 11.2. The molecule has 0 saturated carbocycles. The van der Waals surface area contributed by atoms with Crippen molar-refractivity contribution in [2.75, 3.05) is 18.5 Å². The summed E-state index contributed by atoms with van der Waals surface area (Å²) in [6.45, 7) is 3.47. The van der Waals surface area contributed by atoms with Gasteiger partial charge in [0.1, 0.15) is 12.4 Å². The van der Waals surface area contributed by atoms with E-state index < -0.39 is 0 Å². The van der Waals surface area contributed by atoms with E-state index in [1.807, 2.05) is 31.2 Å². The number of carbonyl (C=O) groups is 2. The van der Waals surface area contributed by atoms with Crippen LogP contribution in [0.4, 0.5) is 5.69 Å². The highest BCUT2D eigenvalue weighted by Gasteiger charge is 2.17. The van der Waals surface area contributed by atoms with Gasteiger partial charge in [-0.3, -0.25) is 9.59 Å². The largest absolute Gasteiger partial charge is 0.486 e. The molecule has 8 nitrogen and oxygen atoms in total. The number of aryl methyl sites for hydroxylation is 1. The summed E-state index contributed by atoms with van der Waals surface area (Å²) >= 11 is 1.18. The Morgan fingerprint density at radius 2 is 1.94 bits per heavy atom. The van der Waals surface area contributed by atoms with E-state index in [1.54, 1.807) is 24.3 Å². The number of para-hydroxylation sites is 1. The molecule has 1 aliphatic heterocycles. The van der Waals surface area contributed by atoms with E-state index in [2.05, 4.69) is 20.8 Å². The summed E-state index contributed by atoms with van der Waals surface area (Å²) in [6.07, 6.45) is 2.10. The number of hydrogen-bond donors (Lipinski definition) is 2. The zero-order valence-electron chi connectivity index (χ0n) is 17.7. The lowest BCUT2D eigenvalue weighted by Gasteiger charge is -2.11. The van der Waals surface area contributed by atoms with Gasteiger partial charge in [-0.2, -0.15) is 0 Å². The molecule has 0 bridgehead atoms. The van der Waals surface area contributed by atoms with Gasteiger partial charge in [0.15, 0.2) is 5.01 Å². The Labute approximate surface area is 190 Å². The molecule has 32 heavy (non-hydrogen) atoms. The highest BCUT2D eigenvalue weighted by atomic mass is 32.1. The molecule has 4 rings (SSSR count). The van der Waals surface area contributed by atoms with Crippen LogP contribution in [-0.2, 0) is 11.3 Å². The summed E-state index contributed by atoms with van der Waals surface area (Å²) in [5.41, 5.74) is 2.12. The van der Waals surface area contributed by atoms with Gasteiger partial charge in [-0.15, -0.1) is 10.2 Å². The molecule has 1 atom stereocenters. The zero-order chi connectivity index (χ0) is 22.3. The van der Waals surface area contributed by atoms with E-state index >= 15 is 0 Å². The van der Waals surface area contributed by atoms with Crippen molar-refractivity contribution in [2.45, 2.75) is 32.5 Å². The van der Waals surface area contributed by atoms with Crippen LogP contribution in [0.1, 0.15) is 43.6 Å². The lowest BCUT2D eigenvalue weighted by molar-refractivity contribution is 0.0857. The molecule has 1 aromatic heterocycles. The summed E-state index contributed by atoms with van der Waals surface area (Å²) in [5.74, 6) is 0.245. The van der Waals surface area contributed by atoms with Crippen LogP contribution in [0.2, 0.25) is 0 Å². The molecule has 2 aromatic carbocycles. The average Bonchev–Trinajstić information content (AvgIpc) is 3.50.